The van der Waals surface area contributed by atoms with E-state index in [2.05, 4.69) is 10.3 Å². The molecule has 50 heavy (non-hydrogen) atoms. The smallest absolute Gasteiger partial charge is 0.253 e. The Bertz CT molecular complexity index is 1880. The molecule has 2 unspecified atom stereocenters. The maximum Gasteiger partial charge on any atom is 0.253 e. The zero-order valence-corrected chi connectivity index (χ0v) is 29.4. The lowest BCUT2D eigenvalue weighted by atomic mass is 9.97. The van der Waals surface area contributed by atoms with Gasteiger partial charge in [-0.05, 0) is 85.7 Å². The number of hydrogen-bond donors (Lipinski definition) is 1. The summed E-state index contributed by atoms with van der Waals surface area (Å²) in [5.41, 5.74) is 0.734. The zero-order valence-electron chi connectivity index (χ0n) is 27.1. The number of rotatable bonds is 11. The minimum Gasteiger partial charge on any atom is -0.365 e. The molecule has 3 fully saturated rings. The molecule has 1 aromatic heterocycles. The molecule has 0 radical (unpaired) electrons. The second kappa shape index (κ2) is 15.9. The number of amides is 2. The number of morpholine rings is 1. The minimum atomic E-state index is -3.88. The van der Waals surface area contributed by atoms with Crippen LogP contribution in [0.1, 0.15) is 43.7 Å². The van der Waals surface area contributed by atoms with Crippen LogP contribution in [-0.4, -0.2) is 60.7 Å². The number of benzene rings is 3. The zero-order chi connectivity index (χ0) is 35.3. The van der Waals surface area contributed by atoms with Crippen LogP contribution in [0, 0.1) is 11.7 Å². The maximum absolute atomic E-state index is 15.1. The lowest BCUT2D eigenvalue weighted by molar-refractivity contribution is -0.166. The summed E-state index contributed by atoms with van der Waals surface area (Å²) < 4.78 is 49.7. The van der Waals surface area contributed by atoms with Crippen LogP contribution in [0.5, 0.6) is 0 Å². The molecule has 4 aromatic rings. The standard InChI is InChI=1S/C31H32ClFN4O5S.C6H5Cl/c32-22-12-10-21(11-13-22)27-19-42-28(17-30(38)35-29-7-3-4-16-34-29)31(39)37(27)26(20-8-9-20)18-36(43(40,41)23-14-15-23)25-6-2-1-5-24(25)33;7-6-4-2-1-3-5-6/h1-7,10-13,16,20,23,26-28H,8-9,14-15,17-19H2,(H,34,35,38);1-5H/t26?,27?,28-;/m0./s1. The van der Waals surface area contributed by atoms with Crippen LogP contribution < -0.4 is 9.62 Å². The van der Waals surface area contributed by atoms with E-state index in [4.69, 9.17) is 27.9 Å². The van der Waals surface area contributed by atoms with Gasteiger partial charge in [-0.1, -0.05) is 71.7 Å². The highest BCUT2D eigenvalue weighted by Crippen LogP contribution is 2.43. The first kappa shape index (κ1) is 35.8. The van der Waals surface area contributed by atoms with Crippen molar-refractivity contribution in [2.24, 2.45) is 5.92 Å². The Kier molecular flexibility index (Phi) is 11.4. The number of nitrogens with zero attached hydrogens (tertiary/aromatic N) is 3. The Hall–Kier alpha value is -4.03. The van der Waals surface area contributed by atoms with Gasteiger partial charge in [-0.3, -0.25) is 13.9 Å². The Balaban J connectivity index is 0.000000552. The molecule has 1 aliphatic heterocycles. The average molecular weight is 740 g/mol. The molecule has 0 bridgehead atoms. The fourth-order valence-corrected chi connectivity index (χ4v) is 8.18. The van der Waals surface area contributed by atoms with Crippen molar-refractivity contribution in [2.45, 2.75) is 55.5 Å². The van der Waals surface area contributed by atoms with Gasteiger partial charge in [0.15, 0.2) is 0 Å². The summed E-state index contributed by atoms with van der Waals surface area (Å²) in [6.45, 7) is -0.0136. The number of pyridine rings is 1. The molecule has 9 nitrogen and oxygen atoms in total. The first-order valence-corrected chi connectivity index (χ1v) is 18.7. The largest absolute Gasteiger partial charge is 0.365 e. The number of carbonyl (C=O) groups excluding carboxylic acids is 2. The van der Waals surface area contributed by atoms with Crippen molar-refractivity contribution in [2.75, 3.05) is 22.8 Å². The maximum atomic E-state index is 15.1. The van der Waals surface area contributed by atoms with Crippen LogP contribution >= 0.6 is 23.2 Å². The number of halogens is 3. The summed E-state index contributed by atoms with van der Waals surface area (Å²) >= 11 is 11.7. The van der Waals surface area contributed by atoms with Crippen molar-refractivity contribution in [3.63, 3.8) is 0 Å². The molecule has 262 valence electrons. The number of ether oxygens (including phenoxy) is 1. The van der Waals surface area contributed by atoms with Gasteiger partial charge in [0.05, 0.1) is 42.6 Å². The summed E-state index contributed by atoms with van der Waals surface area (Å²) in [7, 11) is -3.88. The number of aromatic nitrogens is 1. The number of sulfonamides is 1. The molecule has 2 heterocycles. The molecule has 2 aliphatic carbocycles. The van der Waals surface area contributed by atoms with Crippen molar-refractivity contribution < 1.29 is 27.1 Å². The summed E-state index contributed by atoms with van der Waals surface area (Å²) in [6.07, 6.45) is 2.83. The normalized spacial score (nSPS) is 19.6. The second-order valence-corrected chi connectivity index (χ2v) is 15.5. The van der Waals surface area contributed by atoms with Gasteiger partial charge in [0.2, 0.25) is 15.9 Å². The van der Waals surface area contributed by atoms with Gasteiger partial charge < -0.3 is 15.0 Å². The quantitative estimate of drug-likeness (QED) is 0.173. The molecule has 13 heteroatoms. The molecule has 3 aromatic carbocycles. The van der Waals surface area contributed by atoms with Crippen molar-refractivity contribution >= 4 is 56.5 Å². The average Bonchev–Trinajstić information content (AvgIpc) is 4.03. The molecule has 3 aliphatic rings. The van der Waals surface area contributed by atoms with Gasteiger partial charge >= 0.3 is 0 Å². The van der Waals surface area contributed by atoms with E-state index in [1.807, 2.05) is 42.5 Å². The molecule has 1 N–H and O–H groups in total. The van der Waals surface area contributed by atoms with E-state index in [0.717, 1.165) is 27.7 Å². The molecular formula is C37H37Cl2FN4O5S. The predicted octanol–water partition coefficient (Wildman–Crippen LogP) is 7.29. The molecule has 3 atom stereocenters. The van der Waals surface area contributed by atoms with Crippen molar-refractivity contribution in [1.29, 1.82) is 0 Å². The Labute approximate surface area is 301 Å². The van der Waals surface area contributed by atoms with E-state index in [0.29, 0.717) is 23.7 Å². The first-order chi connectivity index (χ1) is 24.1. The van der Waals surface area contributed by atoms with E-state index in [9.17, 15) is 18.0 Å². The van der Waals surface area contributed by atoms with Gasteiger partial charge in [0, 0.05) is 16.2 Å². The number of hydrogen-bond acceptors (Lipinski definition) is 6. The second-order valence-electron chi connectivity index (χ2n) is 12.5. The molecule has 7 rings (SSSR count). The van der Waals surface area contributed by atoms with Crippen molar-refractivity contribution in [1.82, 2.24) is 9.88 Å². The van der Waals surface area contributed by atoms with E-state index in [1.54, 1.807) is 47.5 Å². The summed E-state index contributed by atoms with van der Waals surface area (Å²) in [4.78, 5) is 32.9. The van der Waals surface area contributed by atoms with Gasteiger partial charge in [0.1, 0.15) is 17.7 Å². The third kappa shape index (κ3) is 8.81. The first-order valence-electron chi connectivity index (χ1n) is 16.5. The fraction of sp³-hybridized carbons (Fsp3) is 0.324. The van der Waals surface area contributed by atoms with E-state index in [1.165, 1.54) is 18.2 Å². The Morgan fingerprint density at radius 3 is 2.18 bits per heavy atom. The Morgan fingerprint density at radius 1 is 0.920 bits per heavy atom. The van der Waals surface area contributed by atoms with Gasteiger partial charge in [-0.25, -0.2) is 17.8 Å². The lowest BCUT2D eigenvalue weighted by Gasteiger charge is -2.45. The summed E-state index contributed by atoms with van der Waals surface area (Å²) in [5.74, 6) is -1.14. The van der Waals surface area contributed by atoms with Gasteiger partial charge in [-0.2, -0.15) is 0 Å². The Morgan fingerprint density at radius 2 is 1.58 bits per heavy atom. The molecule has 0 spiro atoms. The number of anilines is 2. The van der Waals surface area contributed by atoms with Crippen molar-refractivity contribution in [3.05, 3.63) is 125 Å². The van der Waals surface area contributed by atoms with Crippen LogP contribution in [0.2, 0.25) is 10.0 Å². The fourth-order valence-electron chi connectivity index (χ4n) is 6.03. The SMILES string of the molecule is Clc1ccccc1.O=C(C[C@@H]1OCC(c2ccc(Cl)cc2)N(C(CN(c2ccccc2F)S(=O)(=O)C2CC2)C2CC2)C1=O)Nc1ccccn1. The minimum absolute atomic E-state index is 0.00326. The van der Waals surface area contributed by atoms with E-state index < -0.39 is 51.1 Å². The highest BCUT2D eigenvalue weighted by molar-refractivity contribution is 7.93. The summed E-state index contributed by atoms with van der Waals surface area (Å²) in [5, 5.41) is 3.44. The monoisotopic (exact) mass is 738 g/mol. The topological polar surface area (TPSA) is 109 Å². The third-order valence-electron chi connectivity index (χ3n) is 8.86. The number of nitrogens with one attached hydrogen (secondary N) is 1. The molecule has 2 amide bonds. The lowest BCUT2D eigenvalue weighted by Crippen LogP contribution is -2.58. The van der Waals surface area contributed by atoms with Crippen molar-refractivity contribution in [3.8, 4) is 0 Å². The third-order valence-corrected chi connectivity index (χ3v) is 11.6. The molecule has 1 saturated heterocycles. The highest BCUT2D eigenvalue weighted by Gasteiger charge is 2.49. The van der Waals surface area contributed by atoms with E-state index in [-0.39, 0.29) is 31.2 Å². The molecular weight excluding hydrogens is 702 g/mol. The summed E-state index contributed by atoms with van der Waals surface area (Å²) in [6, 6.07) is 26.3. The van der Waals surface area contributed by atoms with Crippen LogP contribution in [-0.2, 0) is 24.3 Å². The predicted molar refractivity (Wildman–Crippen MR) is 192 cm³/mol. The molecule has 2 saturated carbocycles. The van der Waals surface area contributed by atoms with Gasteiger partial charge in [-0.15, -0.1) is 0 Å². The highest BCUT2D eigenvalue weighted by atomic mass is 35.5. The van der Waals surface area contributed by atoms with E-state index >= 15 is 4.39 Å². The van der Waals surface area contributed by atoms with Crippen LogP contribution in [0.25, 0.3) is 0 Å². The van der Waals surface area contributed by atoms with Gasteiger partial charge in [0.25, 0.3) is 5.91 Å². The van der Waals surface area contributed by atoms with Crippen LogP contribution in [0.3, 0.4) is 0 Å². The van der Waals surface area contributed by atoms with Crippen LogP contribution in [0.4, 0.5) is 15.9 Å². The van der Waals surface area contributed by atoms with Crippen LogP contribution in [0.15, 0.2) is 103 Å². The number of carbonyl (C=O) groups is 2. The number of para-hydroxylation sites is 1.